The van der Waals surface area contributed by atoms with Gasteiger partial charge in [-0.3, -0.25) is 10.1 Å². The molecule has 0 radical (unpaired) electrons. The van der Waals surface area contributed by atoms with Gasteiger partial charge in [0.05, 0.1) is 28.7 Å². The fourth-order valence-corrected chi connectivity index (χ4v) is 2.84. The second-order valence-corrected chi connectivity index (χ2v) is 6.64. The number of halogens is 4. The first-order valence-electron chi connectivity index (χ1n) is 8.36. The summed E-state index contributed by atoms with van der Waals surface area (Å²) in [5.74, 6) is -1.35. The second-order valence-electron chi connectivity index (χ2n) is 6.23. The number of aliphatic hydroxyl groups excluding tert-OH is 1. The molecule has 1 fully saturated rings. The molecule has 1 heterocycles. The maximum atomic E-state index is 12.7. The smallest absolute Gasteiger partial charge is 0.416 e. The van der Waals surface area contributed by atoms with Crippen LogP contribution in [-0.2, 0) is 15.7 Å². The van der Waals surface area contributed by atoms with E-state index in [1.54, 1.807) is 0 Å². The van der Waals surface area contributed by atoms with Crippen LogP contribution < -0.4 is 4.74 Å². The second kappa shape index (κ2) is 8.46. The van der Waals surface area contributed by atoms with Crippen molar-refractivity contribution >= 4 is 23.3 Å². The van der Waals surface area contributed by atoms with Crippen LogP contribution in [0.25, 0.3) is 0 Å². The monoisotopic (exact) mass is 447 g/mol. The molecule has 12 heteroatoms. The molecule has 2 unspecified atom stereocenters. The summed E-state index contributed by atoms with van der Waals surface area (Å²) in [6.45, 7) is -0.117. The quantitative estimate of drug-likeness (QED) is 0.419. The van der Waals surface area contributed by atoms with Gasteiger partial charge < -0.3 is 19.3 Å². The van der Waals surface area contributed by atoms with Gasteiger partial charge in [-0.05, 0) is 24.3 Å². The van der Waals surface area contributed by atoms with Crippen LogP contribution in [0.15, 0.2) is 36.4 Å². The van der Waals surface area contributed by atoms with Gasteiger partial charge in [-0.2, -0.15) is 13.2 Å². The Morgan fingerprint density at radius 2 is 1.97 bits per heavy atom. The highest BCUT2D eigenvalue weighted by Crippen LogP contribution is 2.37. The molecule has 1 aliphatic rings. The lowest BCUT2D eigenvalue weighted by molar-refractivity contribution is -0.385. The van der Waals surface area contributed by atoms with E-state index in [0.29, 0.717) is 6.07 Å². The summed E-state index contributed by atoms with van der Waals surface area (Å²) in [5.41, 5.74) is -2.04. The molecule has 2 aromatic carbocycles. The van der Waals surface area contributed by atoms with E-state index < -0.39 is 46.1 Å². The van der Waals surface area contributed by atoms with Crippen LogP contribution in [0.4, 0.5) is 18.9 Å². The lowest BCUT2D eigenvalue weighted by Gasteiger charge is -2.15. The average Bonchev–Trinajstić information content (AvgIpc) is 3.06. The fourth-order valence-electron chi connectivity index (χ4n) is 2.63. The van der Waals surface area contributed by atoms with E-state index in [1.165, 1.54) is 0 Å². The predicted molar refractivity (Wildman–Crippen MR) is 95.7 cm³/mol. The van der Waals surface area contributed by atoms with E-state index in [-0.39, 0.29) is 29.7 Å². The van der Waals surface area contributed by atoms with Crippen molar-refractivity contribution < 1.29 is 42.2 Å². The molecule has 8 nitrogen and oxygen atoms in total. The summed E-state index contributed by atoms with van der Waals surface area (Å²) in [6.07, 6.45) is -6.66. The minimum atomic E-state index is -4.60. The van der Waals surface area contributed by atoms with Gasteiger partial charge in [-0.15, -0.1) is 0 Å². The Morgan fingerprint density at radius 3 is 2.53 bits per heavy atom. The third-order valence-corrected chi connectivity index (χ3v) is 4.43. The number of aliphatic hydroxyl groups is 1. The standard InChI is InChI=1S/C18H13ClF3NO7/c19-12-5-9(18(20,21)22)1-4-15(12)29-10-2-3-13(23(26)27)11(6-10)17(25)30-16-8-28-7-14(16)24/h1-6,14,16,24H,7-8H2. The number of nitro groups is 1. The average molecular weight is 448 g/mol. The van der Waals surface area contributed by atoms with Crippen LogP contribution >= 0.6 is 11.6 Å². The molecule has 0 bridgehead atoms. The van der Waals surface area contributed by atoms with Gasteiger partial charge in [-0.1, -0.05) is 11.6 Å². The van der Waals surface area contributed by atoms with Crippen LogP contribution in [-0.4, -0.2) is 41.4 Å². The maximum absolute atomic E-state index is 12.7. The van der Waals surface area contributed by atoms with E-state index in [4.69, 9.17) is 25.8 Å². The van der Waals surface area contributed by atoms with Crippen molar-refractivity contribution in [2.45, 2.75) is 18.4 Å². The lowest BCUT2D eigenvalue weighted by atomic mass is 10.1. The van der Waals surface area contributed by atoms with Crippen LogP contribution in [0.2, 0.25) is 5.02 Å². The van der Waals surface area contributed by atoms with Crippen molar-refractivity contribution in [1.29, 1.82) is 0 Å². The summed E-state index contributed by atoms with van der Waals surface area (Å²) in [4.78, 5) is 22.8. The molecule has 1 aliphatic heterocycles. The Kier molecular flexibility index (Phi) is 6.15. The SMILES string of the molecule is O=C(OC1COCC1O)c1cc(Oc2ccc(C(F)(F)F)cc2Cl)ccc1[N+](=O)[O-]. The van der Waals surface area contributed by atoms with E-state index in [0.717, 1.165) is 30.3 Å². The van der Waals surface area contributed by atoms with Crippen molar-refractivity contribution in [3.8, 4) is 11.5 Å². The van der Waals surface area contributed by atoms with Crippen LogP contribution in [0.5, 0.6) is 11.5 Å². The van der Waals surface area contributed by atoms with Crippen LogP contribution in [0.3, 0.4) is 0 Å². The third-order valence-electron chi connectivity index (χ3n) is 4.13. The van der Waals surface area contributed by atoms with E-state index in [1.807, 2.05) is 0 Å². The zero-order chi connectivity index (χ0) is 22.1. The van der Waals surface area contributed by atoms with Crippen molar-refractivity contribution in [2.75, 3.05) is 13.2 Å². The summed E-state index contributed by atoms with van der Waals surface area (Å²) < 4.78 is 53.6. The minimum absolute atomic E-state index is 0.0460. The molecule has 3 rings (SSSR count). The molecule has 1 N–H and O–H groups in total. The van der Waals surface area contributed by atoms with E-state index in [9.17, 15) is 33.2 Å². The third kappa shape index (κ3) is 4.81. The van der Waals surface area contributed by atoms with Crippen molar-refractivity contribution in [3.63, 3.8) is 0 Å². The molecule has 0 aromatic heterocycles. The number of carbonyl (C=O) groups is 1. The number of hydrogen-bond donors (Lipinski definition) is 1. The van der Waals surface area contributed by atoms with Crippen molar-refractivity contribution in [1.82, 2.24) is 0 Å². The molecule has 30 heavy (non-hydrogen) atoms. The molecule has 0 spiro atoms. The van der Waals surface area contributed by atoms with Gasteiger partial charge in [0.1, 0.15) is 23.2 Å². The number of hydrogen-bond acceptors (Lipinski definition) is 7. The Labute approximate surface area is 171 Å². The van der Waals surface area contributed by atoms with Gasteiger partial charge in [-0.25, -0.2) is 4.79 Å². The first kappa shape index (κ1) is 21.8. The molecule has 2 aromatic rings. The Morgan fingerprint density at radius 1 is 1.23 bits per heavy atom. The molecule has 0 saturated carbocycles. The molecule has 2 atom stereocenters. The zero-order valence-electron chi connectivity index (χ0n) is 14.9. The number of carbonyl (C=O) groups excluding carboxylic acids is 1. The number of nitro benzene ring substituents is 1. The van der Waals surface area contributed by atoms with Gasteiger partial charge >= 0.3 is 12.1 Å². The van der Waals surface area contributed by atoms with E-state index >= 15 is 0 Å². The van der Waals surface area contributed by atoms with E-state index in [2.05, 4.69) is 0 Å². The zero-order valence-corrected chi connectivity index (χ0v) is 15.6. The lowest BCUT2D eigenvalue weighted by Crippen LogP contribution is -2.29. The number of rotatable bonds is 5. The van der Waals surface area contributed by atoms with Gasteiger partial charge in [0.2, 0.25) is 0 Å². The number of ether oxygens (including phenoxy) is 3. The predicted octanol–water partition coefficient (Wildman–Crippen LogP) is 3.98. The molecule has 0 amide bonds. The molecular weight excluding hydrogens is 435 g/mol. The molecular formula is C18H13ClF3NO7. The molecule has 0 aliphatic carbocycles. The summed E-state index contributed by atoms with van der Waals surface area (Å²) in [6, 6.07) is 5.53. The summed E-state index contributed by atoms with van der Waals surface area (Å²) in [7, 11) is 0. The van der Waals surface area contributed by atoms with Gasteiger partial charge in [0, 0.05) is 12.1 Å². The maximum Gasteiger partial charge on any atom is 0.416 e. The topological polar surface area (TPSA) is 108 Å². The number of esters is 1. The van der Waals surface area contributed by atoms with Crippen LogP contribution in [0, 0.1) is 10.1 Å². The van der Waals surface area contributed by atoms with Gasteiger partial charge in [0.25, 0.3) is 5.69 Å². The van der Waals surface area contributed by atoms with Crippen LogP contribution in [0.1, 0.15) is 15.9 Å². The Hall–Kier alpha value is -2.89. The molecule has 160 valence electrons. The summed E-state index contributed by atoms with van der Waals surface area (Å²) >= 11 is 5.83. The largest absolute Gasteiger partial charge is 0.456 e. The summed E-state index contributed by atoms with van der Waals surface area (Å²) in [5, 5.41) is 20.6. The Bertz CT molecular complexity index is 983. The number of nitrogens with zero attached hydrogens (tertiary/aromatic N) is 1. The normalized spacial score (nSPS) is 18.8. The first-order valence-corrected chi connectivity index (χ1v) is 8.74. The minimum Gasteiger partial charge on any atom is -0.456 e. The number of benzene rings is 2. The van der Waals surface area contributed by atoms with Crippen molar-refractivity contribution in [3.05, 3.63) is 62.7 Å². The highest BCUT2D eigenvalue weighted by Gasteiger charge is 2.33. The highest BCUT2D eigenvalue weighted by atomic mass is 35.5. The molecule has 1 saturated heterocycles. The first-order chi connectivity index (χ1) is 14.1. The highest BCUT2D eigenvalue weighted by molar-refractivity contribution is 6.32. The van der Waals surface area contributed by atoms with Gasteiger partial charge in [0.15, 0.2) is 6.10 Å². The Balaban J connectivity index is 1.87. The van der Waals surface area contributed by atoms with Crippen molar-refractivity contribution in [2.24, 2.45) is 0 Å². The number of alkyl halides is 3. The fraction of sp³-hybridized carbons (Fsp3) is 0.278.